The molecule has 1 saturated heterocycles. The third-order valence-corrected chi connectivity index (χ3v) is 5.23. The normalized spacial score (nSPS) is 23.0. The van der Waals surface area contributed by atoms with Crippen LogP contribution < -0.4 is 10.5 Å². The van der Waals surface area contributed by atoms with Crippen molar-refractivity contribution >= 4 is 5.91 Å². The van der Waals surface area contributed by atoms with Crippen molar-refractivity contribution in [3.63, 3.8) is 0 Å². The summed E-state index contributed by atoms with van der Waals surface area (Å²) in [5, 5.41) is 0. The molecule has 4 nitrogen and oxygen atoms in total. The molecule has 0 bridgehead atoms. The van der Waals surface area contributed by atoms with Crippen molar-refractivity contribution in [1.82, 2.24) is 4.90 Å². The van der Waals surface area contributed by atoms with Crippen LogP contribution in [0.4, 0.5) is 0 Å². The summed E-state index contributed by atoms with van der Waals surface area (Å²) < 4.78 is 6.00. The first-order valence-corrected chi connectivity index (χ1v) is 8.57. The predicted molar refractivity (Wildman–Crippen MR) is 93.3 cm³/mol. The molecule has 0 aliphatic carbocycles. The number of hydrogen-bond acceptors (Lipinski definition) is 3. The zero-order valence-corrected chi connectivity index (χ0v) is 13.7. The fraction of sp³-hybridized carbons (Fsp3) is 0.350. The van der Waals surface area contributed by atoms with Crippen molar-refractivity contribution in [3.8, 4) is 5.75 Å². The molecule has 0 radical (unpaired) electrons. The summed E-state index contributed by atoms with van der Waals surface area (Å²) in [6, 6.07) is 16.5. The van der Waals surface area contributed by atoms with Gasteiger partial charge in [-0.1, -0.05) is 30.3 Å². The highest BCUT2D eigenvalue weighted by atomic mass is 16.5. The Kier molecular flexibility index (Phi) is 3.98. The minimum atomic E-state index is -0.387. The topological polar surface area (TPSA) is 55.6 Å². The molecule has 4 rings (SSSR count). The zero-order valence-electron chi connectivity index (χ0n) is 13.7. The SMILES string of the molecule is NC(=O)c1ccc2c(c1)[C@@H](Cc1ccccc1)[C@@H](N1CCC1)CO2. The first-order valence-electron chi connectivity index (χ1n) is 8.57. The summed E-state index contributed by atoms with van der Waals surface area (Å²) in [6.45, 7) is 2.97. The number of nitrogens with two attached hydrogens (primary N) is 1. The van der Waals surface area contributed by atoms with Gasteiger partial charge in [-0.3, -0.25) is 9.69 Å². The number of likely N-dealkylation sites (tertiary alicyclic amines) is 1. The van der Waals surface area contributed by atoms with Gasteiger partial charge in [0.25, 0.3) is 0 Å². The number of rotatable bonds is 4. The summed E-state index contributed by atoms with van der Waals surface area (Å²) in [6.07, 6.45) is 2.20. The second kappa shape index (κ2) is 6.29. The van der Waals surface area contributed by atoms with Crippen molar-refractivity contribution in [3.05, 3.63) is 65.2 Å². The molecular weight excluding hydrogens is 300 g/mol. The molecule has 24 heavy (non-hydrogen) atoms. The first-order chi connectivity index (χ1) is 11.7. The fourth-order valence-corrected chi connectivity index (χ4v) is 3.77. The smallest absolute Gasteiger partial charge is 0.248 e. The van der Waals surface area contributed by atoms with E-state index in [0.29, 0.717) is 24.1 Å². The van der Waals surface area contributed by atoms with Gasteiger partial charge in [-0.2, -0.15) is 0 Å². The van der Waals surface area contributed by atoms with Gasteiger partial charge in [-0.05, 0) is 49.7 Å². The third kappa shape index (κ3) is 2.78. The van der Waals surface area contributed by atoms with Crippen LogP contribution in [0, 0.1) is 0 Å². The van der Waals surface area contributed by atoms with Crippen molar-refractivity contribution in [2.75, 3.05) is 19.7 Å². The van der Waals surface area contributed by atoms with Crippen LogP contribution in [0.5, 0.6) is 5.75 Å². The molecule has 2 heterocycles. The van der Waals surface area contributed by atoms with Gasteiger partial charge in [-0.25, -0.2) is 0 Å². The van der Waals surface area contributed by atoms with Gasteiger partial charge >= 0.3 is 0 Å². The van der Waals surface area contributed by atoms with E-state index in [0.717, 1.165) is 30.8 Å². The molecule has 2 aromatic carbocycles. The van der Waals surface area contributed by atoms with Crippen LogP contribution in [-0.4, -0.2) is 36.5 Å². The lowest BCUT2D eigenvalue weighted by atomic mass is 9.81. The Bertz CT molecular complexity index is 741. The minimum Gasteiger partial charge on any atom is -0.492 e. The largest absolute Gasteiger partial charge is 0.492 e. The van der Waals surface area contributed by atoms with E-state index in [1.165, 1.54) is 12.0 Å². The lowest BCUT2D eigenvalue weighted by molar-refractivity contribution is 0.0501. The summed E-state index contributed by atoms with van der Waals surface area (Å²) in [5.41, 5.74) is 8.46. The van der Waals surface area contributed by atoms with Crippen molar-refractivity contribution < 1.29 is 9.53 Å². The van der Waals surface area contributed by atoms with Gasteiger partial charge in [0.2, 0.25) is 5.91 Å². The van der Waals surface area contributed by atoms with Gasteiger partial charge in [0.05, 0.1) is 6.04 Å². The van der Waals surface area contributed by atoms with Crippen LogP contribution in [0.3, 0.4) is 0 Å². The molecule has 2 aliphatic heterocycles. The molecular formula is C20H22N2O2. The maximum absolute atomic E-state index is 11.6. The predicted octanol–water partition coefficient (Wildman–Crippen LogP) is 2.58. The fourth-order valence-electron chi connectivity index (χ4n) is 3.77. The summed E-state index contributed by atoms with van der Waals surface area (Å²) >= 11 is 0. The third-order valence-electron chi connectivity index (χ3n) is 5.23. The van der Waals surface area contributed by atoms with Crippen molar-refractivity contribution in [2.24, 2.45) is 5.73 Å². The Morgan fingerprint density at radius 2 is 1.96 bits per heavy atom. The number of benzene rings is 2. The van der Waals surface area contributed by atoms with Crippen molar-refractivity contribution in [2.45, 2.75) is 24.8 Å². The Morgan fingerprint density at radius 3 is 2.62 bits per heavy atom. The molecule has 4 heteroatoms. The maximum Gasteiger partial charge on any atom is 0.248 e. The van der Waals surface area contributed by atoms with Gasteiger partial charge in [0, 0.05) is 17.0 Å². The Morgan fingerprint density at radius 1 is 1.17 bits per heavy atom. The van der Waals surface area contributed by atoms with Crippen LogP contribution in [0.25, 0.3) is 0 Å². The average molecular weight is 322 g/mol. The Hall–Kier alpha value is -2.33. The van der Waals surface area contributed by atoms with Gasteiger partial charge in [0.1, 0.15) is 12.4 Å². The first kappa shape index (κ1) is 15.2. The van der Waals surface area contributed by atoms with E-state index in [-0.39, 0.29) is 5.91 Å². The number of primary amides is 1. The quantitative estimate of drug-likeness (QED) is 0.941. The molecule has 0 aromatic heterocycles. The lowest BCUT2D eigenvalue weighted by Gasteiger charge is -2.45. The number of carbonyl (C=O) groups excluding carboxylic acids is 1. The molecule has 1 amide bonds. The molecule has 1 fully saturated rings. The minimum absolute atomic E-state index is 0.316. The molecule has 0 spiro atoms. The Labute approximate surface area is 142 Å². The molecule has 0 saturated carbocycles. The average Bonchev–Trinajstić information content (AvgIpc) is 2.55. The second-order valence-electron chi connectivity index (χ2n) is 6.68. The van der Waals surface area contributed by atoms with Crippen molar-refractivity contribution in [1.29, 1.82) is 0 Å². The molecule has 2 aliphatic rings. The number of amides is 1. The van der Waals surface area contributed by atoms with E-state index in [1.807, 2.05) is 18.2 Å². The van der Waals surface area contributed by atoms with Crippen LogP contribution in [0.15, 0.2) is 48.5 Å². The number of fused-ring (bicyclic) bond motifs is 1. The highest BCUT2D eigenvalue weighted by Gasteiger charge is 2.37. The van der Waals surface area contributed by atoms with E-state index >= 15 is 0 Å². The van der Waals surface area contributed by atoms with E-state index in [4.69, 9.17) is 10.5 Å². The molecule has 2 aromatic rings. The molecule has 2 N–H and O–H groups in total. The Balaban J connectivity index is 1.72. The standard InChI is InChI=1S/C20H22N2O2/c21-20(23)15-7-8-19-17(12-15)16(11-14-5-2-1-3-6-14)18(13-24-19)22-9-4-10-22/h1-3,5-8,12,16,18H,4,9-11,13H2,(H2,21,23)/t16-,18+/m1/s1. The second-order valence-corrected chi connectivity index (χ2v) is 6.68. The van der Waals surface area contributed by atoms with E-state index < -0.39 is 0 Å². The maximum atomic E-state index is 11.6. The van der Waals surface area contributed by atoms with E-state index in [9.17, 15) is 4.79 Å². The highest BCUT2D eigenvalue weighted by Crippen LogP contribution is 2.39. The number of ether oxygens (including phenoxy) is 1. The summed E-state index contributed by atoms with van der Waals surface area (Å²) in [4.78, 5) is 14.1. The summed E-state index contributed by atoms with van der Waals surface area (Å²) in [7, 11) is 0. The van der Waals surface area contributed by atoms with Gasteiger partial charge in [0.15, 0.2) is 0 Å². The zero-order chi connectivity index (χ0) is 16.5. The lowest BCUT2D eigenvalue weighted by Crippen LogP contribution is -2.52. The van der Waals surface area contributed by atoms with Gasteiger partial charge < -0.3 is 10.5 Å². The number of hydrogen-bond donors (Lipinski definition) is 1. The van der Waals surface area contributed by atoms with Crippen LogP contribution >= 0.6 is 0 Å². The summed E-state index contributed by atoms with van der Waals surface area (Å²) in [5.74, 6) is 0.816. The monoisotopic (exact) mass is 322 g/mol. The highest BCUT2D eigenvalue weighted by molar-refractivity contribution is 5.93. The number of nitrogens with zero attached hydrogens (tertiary/aromatic N) is 1. The number of carbonyl (C=O) groups is 1. The van der Waals surface area contributed by atoms with E-state index in [2.05, 4.69) is 29.2 Å². The van der Waals surface area contributed by atoms with Crippen LogP contribution in [0.2, 0.25) is 0 Å². The molecule has 2 atom stereocenters. The van der Waals surface area contributed by atoms with Gasteiger partial charge in [-0.15, -0.1) is 0 Å². The van der Waals surface area contributed by atoms with Crippen LogP contribution in [0.1, 0.15) is 33.8 Å². The van der Waals surface area contributed by atoms with Crippen LogP contribution in [-0.2, 0) is 6.42 Å². The molecule has 124 valence electrons. The van der Waals surface area contributed by atoms with E-state index in [1.54, 1.807) is 6.07 Å². The molecule has 0 unspecified atom stereocenters.